The fourth-order valence-corrected chi connectivity index (χ4v) is 2.32. The summed E-state index contributed by atoms with van der Waals surface area (Å²) >= 11 is 1.47. The van der Waals surface area contributed by atoms with Crippen LogP contribution in [-0.4, -0.2) is 10.9 Å². The summed E-state index contributed by atoms with van der Waals surface area (Å²) in [5.41, 5.74) is 7.36. The number of nitrogens with one attached hydrogen (secondary N) is 1. The molecule has 0 amide bonds. The van der Waals surface area contributed by atoms with Crippen LogP contribution < -0.4 is 11.1 Å². The van der Waals surface area contributed by atoms with Crippen LogP contribution in [0.3, 0.4) is 0 Å². The zero-order chi connectivity index (χ0) is 10.2. The molecule has 0 unspecified atom stereocenters. The van der Waals surface area contributed by atoms with Crippen LogP contribution in [0.25, 0.3) is 0 Å². The molecule has 0 aliphatic heterocycles. The lowest BCUT2D eigenvalue weighted by Gasteiger charge is -2.13. The van der Waals surface area contributed by atoms with Gasteiger partial charge in [-0.15, -0.1) is 0 Å². The van der Waals surface area contributed by atoms with Gasteiger partial charge in [0.2, 0.25) is 0 Å². The van der Waals surface area contributed by atoms with Crippen molar-refractivity contribution in [3.05, 3.63) is 5.56 Å². The molecule has 3 N–H and O–H groups in total. The van der Waals surface area contributed by atoms with Crippen molar-refractivity contribution in [3.8, 4) is 0 Å². The molecule has 2 rings (SSSR count). The molecule has 78 valence electrons. The average Bonchev–Trinajstić information content (AvgIpc) is 2.91. The van der Waals surface area contributed by atoms with E-state index in [-0.39, 0.29) is 0 Å². The molecule has 0 spiro atoms. The molecule has 0 radical (unpaired) electrons. The highest BCUT2D eigenvalue weighted by atomic mass is 32.1. The molecule has 1 aromatic rings. The third-order valence-corrected chi connectivity index (χ3v) is 4.21. The first-order chi connectivity index (χ1) is 6.67. The predicted molar refractivity (Wildman–Crippen MR) is 61.7 cm³/mol. The molecule has 4 heteroatoms. The molecule has 3 nitrogen and oxygen atoms in total. The Balaban J connectivity index is 1.95. The Morgan fingerprint density at radius 1 is 1.57 bits per heavy atom. The van der Waals surface area contributed by atoms with Crippen molar-refractivity contribution in [2.75, 3.05) is 17.6 Å². The molecule has 1 aromatic heterocycles. The molecule has 0 saturated heterocycles. The normalized spacial score (nSPS) is 18.1. The van der Waals surface area contributed by atoms with Gasteiger partial charge >= 0.3 is 0 Å². The maximum Gasteiger partial charge on any atom is 0.142 e. The van der Waals surface area contributed by atoms with Crippen LogP contribution in [0.15, 0.2) is 0 Å². The summed E-state index contributed by atoms with van der Waals surface area (Å²) in [5.74, 6) is 0.666. The van der Waals surface area contributed by atoms with Crippen LogP contribution in [0, 0.1) is 12.3 Å². The van der Waals surface area contributed by atoms with Crippen LogP contribution in [0.5, 0.6) is 0 Å². The molecule has 0 atom stereocenters. The second kappa shape index (κ2) is 3.42. The maximum absolute atomic E-state index is 5.69. The summed E-state index contributed by atoms with van der Waals surface area (Å²) in [6.45, 7) is 5.36. The van der Waals surface area contributed by atoms with E-state index in [1.54, 1.807) is 0 Å². The third kappa shape index (κ3) is 1.71. The Bertz CT molecular complexity index is 328. The SMILES string of the molecule is CCC1(CNc2snc(N)c2C)CC1. The largest absolute Gasteiger partial charge is 0.383 e. The smallest absolute Gasteiger partial charge is 0.142 e. The van der Waals surface area contributed by atoms with Crippen LogP contribution in [0.4, 0.5) is 10.8 Å². The molecular formula is C10H17N3S. The highest BCUT2D eigenvalue weighted by Crippen LogP contribution is 2.48. The zero-order valence-corrected chi connectivity index (χ0v) is 9.58. The number of hydrogen-bond acceptors (Lipinski definition) is 4. The molecule has 0 bridgehead atoms. The van der Waals surface area contributed by atoms with Gasteiger partial charge in [-0.1, -0.05) is 6.92 Å². The van der Waals surface area contributed by atoms with Gasteiger partial charge < -0.3 is 11.1 Å². The predicted octanol–water partition coefficient (Wildman–Crippen LogP) is 2.64. The van der Waals surface area contributed by atoms with Crippen LogP contribution in [0.1, 0.15) is 31.7 Å². The third-order valence-electron chi connectivity index (χ3n) is 3.29. The first kappa shape index (κ1) is 9.77. The number of aromatic nitrogens is 1. The van der Waals surface area contributed by atoms with Crippen molar-refractivity contribution in [2.24, 2.45) is 5.41 Å². The lowest BCUT2D eigenvalue weighted by atomic mass is 10.0. The lowest BCUT2D eigenvalue weighted by Crippen LogP contribution is -2.14. The second-order valence-corrected chi connectivity index (χ2v) is 5.00. The van der Waals surface area contributed by atoms with E-state index < -0.39 is 0 Å². The maximum atomic E-state index is 5.69. The average molecular weight is 211 g/mol. The van der Waals surface area contributed by atoms with Gasteiger partial charge in [0.15, 0.2) is 0 Å². The molecule has 1 saturated carbocycles. The van der Waals surface area contributed by atoms with E-state index in [9.17, 15) is 0 Å². The summed E-state index contributed by atoms with van der Waals surface area (Å²) in [6.07, 6.45) is 4.00. The molecule has 1 fully saturated rings. The number of anilines is 2. The number of nitrogens with two attached hydrogens (primary N) is 1. The van der Waals surface area contributed by atoms with Gasteiger partial charge in [-0.2, -0.15) is 4.37 Å². The Morgan fingerprint density at radius 3 is 2.71 bits per heavy atom. The van der Waals surface area contributed by atoms with Crippen LogP contribution in [0.2, 0.25) is 0 Å². The number of hydrogen-bond donors (Lipinski definition) is 2. The van der Waals surface area contributed by atoms with Crippen molar-refractivity contribution >= 4 is 22.4 Å². The van der Waals surface area contributed by atoms with E-state index in [1.807, 2.05) is 6.92 Å². The van der Waals surface area contributed by atoms with Crippen molar-refractivity contribution < 1.29 is 0 Å². The van der Waals surface area contributed by atoms with E-state index in [0.717, 1.165) is 17.1 Å². The van der Waals surface area contributed by atoms with Crippen LogP contribution in [-0.2, 0) is 0 Å². The van der Waals surface area contributed by atoms with Crippen molar-refractivity contribution in [1.29, 1.82) is 0 Å². The van der Waals surface area contributed by atoms with Crippen LogP contribution >= 0.6 is 11.5 Å². The van der Waals surface area contributed by atoms with E-state index in [4.69, 9.17) is 5.73 Å². The lowest BCUT2D eigenvalue weighted by molar-refractivity contribution is 0.522. The highest BCUT2D eigenvalue weighted by molar-refractivity contribution is 7.10. The van der Waals surface area contributed by atoms with Gasteiger partial charge in [0.1, 0.15) is 10.8 Å². The minimum absolute atomic E-state index is 0.575. The Kier molecular flexibility index (Phi) is 2.39. The van der Waals surface area contributed by atoms with Gasteiger partial charge in [0.05, 0.1) is 0 Å². The van der Waals surface area contributed by atoms with Gasteiger partial charge in [0.25, 0.3) is 0 Å². The van der Waals surface area contributed by atoms with E-state index in [2.05, 4.69) is 16.6 Å². The summed E-state index contributed by atoms with van der Waals surface area (Å²) in [4.78, 5) is 0. The van der Waals surface area contributed by atoms with Crippen molar-refractivity contribution in [3.63, 3.8) is 0 Å². The fraction of sp³-hybridized carbons (Fsp3) is 0.700. The number of nitrogen functional groups attached to an aromatic ring is 1. The molecule has 1 heterocycles. The monoisotopic (exact) mass is 211 g/mol. The minimum Gasteiger partial charge on any atom is -0.383 e. The summed E-state index contributed by atoms with van der Waals surface area (Å²) in [6, 6.07) is 0. The Hall–Kier alpha value is -0.770. The summed E-state index contributed by atoms with van der Waals surface area (Å²) in [5, 5.41) is 4.60. The molecular weight excluding hydrogens is 194 g/mol. The summed E-state index contributed by atoms with van der Waals surface area (Å²) in [7, 11) is 0. The van der Waals surface area contributed by atoms with Gasteiger partial charge in [-0.3, -0.25) is 0 Å². The van der Waals surface area contributed by atoms with Crippen molar-refractivity contribution in [2.45, 2.75) is 33.1 Å². The molecule has 14 heavy (non-hydrogen) atoms. The van der Waals surface area contributed by atoms with E-state index in [1.165, 1.54) is 30.8 Å². The zero-order valence-electron chi connectivity index (χ0n) is 8.76. The molecule has 0 aromatic carbocycles. The van der Waals surface area contributed by atoms with Gasteiger partial charge in [0, 0.05) is 12.1 Å². The van der Waals surface area contributed by atoms with Crippen molar-refractivity contribution in [1.82, 2.24) is 4.37 Å². The first-order valence-corrected chi connectivity index (χ1v) is 5.90. The highest BCUT2D eigenvalue weighted by Gasteiger charge is 2.40. The standard InChI is InChI=1S/C10H17N3S/c1-3-10(4-5-10)6-12-9-7(2)8(11)13-14-9/h12H,3-6H2,1-2H3,(H2,11,13). The number of rotatable bonds is 4. The first-order valence-electron chi connectivity index (χ1n) is 5.12. The van der Waals surface area contributed by atoms with Gasteiger partial charge in [-0.25, -0.2) is 0 Å². The number of nitrogens with zero attached hydrogens (tertiary/aromatic N) is 1. The summed E-state index contributed by atoms with van der Waals surface area (Å²) < 4.78 is 4.12. The van der Waals surface area contributed by atoms with E-state index >= 15 is 0 Å². The second-order valence-electron chi connectivity index (χ2n) is 4.23. The van der Waals surface area contributed by atoms with E-state index in [0.29, 0.717) is 11.2 Å². The quantitative estimate of drug-likeness (QED) is 0.805. The Labute approximate surface area is 88.9 Å². The molecule has 1 aliphatic carbocycles. The molecule has 1 aliphatic rings. The topological polar surface area (TPSA) is 50.9 Å². The Morgan fingerprint density at radius 2 is 2.29 bits per heavy atom. The fourth-order valence-electron chi connectivity index (χ4n) is 1.61. The minimum atomic E-state index is 0.575. The van der Waals surface area contributed by atoms with Gasteiger partial charge in [-0.05, 0) is 43.1 Å².